The molecule has 2 nitrogen and oxygen atoms in total. The molecule has 0 bridgehead atoms. The van der Waals surface area contributed by atoms with Crippen molar-refractivity contribution in [2.75, 3.05) is 20.7 Å². The van der Waals surface area contributed by atoms with E-state index in [0.29, 0.717) is 6.04 Å². The van der Waals surface area contributed by atoms with Gasteiger partial charge in [0.15, 0.2) is 0 Å². The molecule has 110 valence electrons. The third-order valence-electron chi connectivity index (χ3n) is 4.72. The van der Waals surface area contributed by atoms with Gasteiger partial charge in [-0.15, -0.1) is 0 Å². The Labute approximate surface area is 127 Å². The zero-order valence-electron chi connectivity index (χ0n) is 12.8. The van der Waals surface area contributed by atoms with Crippen molar-refractivity contribution in [2.24, 2.45) is 0 Å². The fourth-order valence-corrected chi connectivity index (χ4v) is 3.72. The van der Waals surface area contributed by atoms with Crippen LogP contribution in [0.1, 0.15) is 24.0 Å². The average molecular weight is 281 g/mol. The Kier molecular flexibility index (Phi) is 4.09. The van der Waals surface area contributed by atoms with Crippen LogP contribution in [-0.2, 0) is 10.3 Å². The van der Waals surface area contributed by atoms with E-state index in [9.17, 15) is 0 Å². The summed E-state index contributed by atoms with van der Waals surface area (Å²) in [7, 11) is 4.05. The molecule has 3 rings (SSSR count). The summed E-state index contributed by atoms with van der Waals surface area (Å²) in [6.07, 6.45) is 2.39. The summed E-state index contributed by atoms with van der Waals surface area (Å²) < 4.78 is 6.22. The van der Waals surface area contributed by atoms with Gasteiger partial charge in [0.1, 0.15) is 5.60 Å². The predicted octanol–water partition coefficient (Wildman–Crippen LogP) is 3.67. The average Bonchev–Trinajstić information content (AvgIpc) is 2.98. The molecule has 1 aliphatic rings. The molecule has 0 saturated carbocycles. The molecule has 2 aromatic carbocycles. The Morgan fingerprint density at radius 3 is 1.86 bits per heavy atom. The van der Waals surface area contributed by atoms with Crippen molar-refractivity contribution < 1.29 is 4.74 Å². The third kappa shape index (κ3) is 2.39. The first kappa shape index (κ1) is 14.3. The Balaban J connectivity index is 2.18. The molecule has 1 saturated heterocycles. The number of likely N-dealkylation sites (tertiary alicyclic amines) is 1. The molecule has 0 aliphatic carbocycles. The van der Waals surface area contributed by atoms with Gasteiger partial charge in [0.05, 0.1) is 0 Å². The highest BCUT2D eigenvalue weighted by atomic mass is 16.5. The molecule has 1 heterocycles. The van der Waals surface area contributed by atoms with E-state index in [4.69, 9.17) is 4.74 Å². The number of ether oxygens (including phenoxy) is 1. The molecular weight excluding hydrogens is 258 g/mol. The minimum absolute atomic E-state index is 0.368. The van der Waals surface area contributed by atoms with E-state index >= 15 is 0 Å². The molecule has 0 N–H and O–H groups in total. The van der Waals surface area contributed by atoms with Crippen LogP contribution in [0.25, 0.3) is 0 Å². The number of hydrogen-bond acceptors (Lipinski definition) is 2. The predicted molar refractivity (Wildman–Crippen MR) is 86.3 cm³/mol. The van der Waals surface area contributed by atoms with E-state index in [-0.39, 0.29) is 0 Å². The van der Waals surface area contributed by atoms with Gasteiger partial charge < -0.3 is 4.74 Å². The molecule has 0 amide bonds. The van der Waals surface area contributed by atoms with Gasteiger partial charge >= 0.3 is 0 Å². The summed E-state index contributed by atoms with van der Waals surface area (Å²) >= 11 is 0. The van der Waals surface area contributed by atoms with Crippen molar-refractivity contribution in [2.45, 2.75) is 24.5 Å². The number of nitrogens with zero attached hydrogens (tertiary/aromatic N) is 1. The van der Waals surface area contributed by atoms with Gasteiger partial charge in [-0.2, -0.15) is 0 Å². The third-order valence-corrected chi connectivity index (χ3v) is 4.72. The quantitative estimate of drug-likeness (QED) is 0.848. The normalized spacial score (nSPS) is 19.8. The Morgan fingerprint density at radius 1 is 0.952 bits per heavy atom. The molecule has 21 heavy (non-hydrogen) atoms. The zero-order chi connectivity index (χ0) is 14.7. The van der Waals surface area contributed by atoms with Crippen LogP contribution < -0.4 is 0 Å². The van der Waals surface area contributed by atoms with Crippen LogP contribution in [0.15, 0.2) is 60.7 Å². The van der Waals surface area contributed by atoms with Gasteiger partial charge in [-0.3, -0.25) is 4.90 Å². The first-order valence-corrected chi connectivity index (χ1v) is 7.65. The van der Waals surface area contributed by atoms with E-state index < -0.39 is 5.60 Å². The number of likely N-dealkylation sites (N-methyl/N-ethyl adjacent to an activating group) is 1. The van der Waals surface area contributed by atoms with E-state index in [0.717, 1.165) is 13.0 Å². The maximum absolute atomic E-state index is 6.22. The SMILES string of the molecule is COC(c1ccccc1)(c1ccccc1)C1CCCN1C. The van der Waals surface area contributed by atoms with Crippen LogP contribution in [0.5, 0.6) is 0 Å². The molecule has 1 unspecified atom stereocenters. The van der Waals surface area contributed by atoms with Crippen LogP contribution in [0.2, 0.25) is 0 Å². The molecular formula is C19H23NO. The standard InChI is InChI=1S/C19H23NO/c1-20-15-9-14-18(20)19(21-2,16-10-5-3-6-11-16)17-12-7-4-8-13-17/h3-8,10-13,18H,9,14-15H2,1-2H3. The monoisotopic (exact) mass is 281 g/mol. The van der Waals surface area contributed by atoms with Gasteiger partial charge in [0, 0.05) is 13.2 Å². The minimum atomic E-state index is -0.395. The van der Waals surface area contributed by atoms with Crippen molar-refractivity contribution in [3.8, 4) is 0 Å². The van der Waals surface area contributed by atoms with Crippen LogP contribution in [0, 0.1) is 0 Å². The number of benzene rings is 2. The number of hydrogen-bond donors (Lipinski definition) is 0. The Hall–Kier alpha value is -1.64. The fraction of sp³-hybridized carbons (Fsp3) is 0.368. The Morgan fingerprint density at radius 2 is 1.48 bits per heavy atom. The first-order valence-electron chi connectivity index (χ1n) is 7.65. The molecule has 2 aromatic rings. The molecule has 1 atom stereocenters. The summed E-state index contributed by atoms with van der Waals surface area (Å²) in [6.45, 7) is 1.13. The molecule has 0 aromatic heterocycles. The number of methoxy groups -OCH3 is 1. The highest BCUT2D eigenvalue weighted by molar-refractivity contribution is 5.39. The summed E-state index contributed by atoms with van der Waals surface area (Å²) in [5.74, 6) is 0. The van der Waals surface area contributed by atoms with E-state index in [1.807, 2.05) is 7.11 Å². The van der Waals surface area contributed by atoms with Crippen molar-refractivity contribution in [1.29, 1.82) is 0 Å². The Bertz CT molecular complexity index is 527. The lowest BCUT2D eigenvalue weighted by molar-refractivity contribution is -0.0360. The van der Waals surface area contributed by atoms with Crippen molar-refractivity contribution in [1.82, 2.24) is 4.90 Å². The van der Waals surface area contributed by atoms with Crippen LogP contribution in [0.3, 0.4) is 0 Å². The fourth-order valence-electron chi connectivity index (χ4n) is 3.72. The topological polar surface area (TPSA) is 12.5 Å². The lowest BCUT2D eigenvalue weighted by atomic mass is 9.79. The second kappa shape index (κ2) is 6.00. The lowest BCUT2D eigenvalue weighted by Gasteiger charge is -2.42. The van der Waals surface area contributed by atoms with E-state index in [1.54, 1.807) is 0 Å². The zero-order valence-corrected chi connectivity index (χ0v) is 12.8. The van der Waals surface area contributed by atoms with Gasteiger partial charge in [-0.1, -0.05) is 60.7 Å². The minimum Gasteiger partial charge on any atom is -0.367 e. The highest BCUT2D eigenvalue weighted by Gasteiger charge is 2.45. The first-order chi connectivity index (χ1) is 10.3. The molecule has 1 fully saturated rings. The van der Waals surface area contributed by atoms with Gasteiger partial charge in [-0.05, 0) is 37.6 Å². The lowest BCUT2D eigenvalue weighted by Crippen LogP contribution is -2.48. The van der Waals surface area contributed by atoms with Crippen LogP contribution in [0.4, 0.5) is 0 Å². The van der Waals surface area contributed by atoms with Crippen LogP contribution >= 0.6 is 0 Å². The molecule has 2 heteroatoms. The molecule has 0 radical (unpaired) electrons. The maximum Gasteiger partial charge on any atom is 0.133 e. The molecule has 1 aliphatic heterocycles. The van der Waals surface area contributed by atoms with Crippen molar-refractivity contribution in [3.63, 3.8) is 0 Å². The molecule has 0 spiro atoms. The summed E-state index contributed by atoms with van der Waals surface area (Å²) in [5.41, 5.74) is 2.07. The smallest absolute Gasteiger partial charge is 0.133 e. The van der Waals surface area contributed by atoms with Crippen LogP contribution in [-0.4, -0.2) is 31.6 Å². The van der Waals surface area contributed by atoms with Gasteiger partial charge in [-0.25, -0.2) is 0 Å². The maximum atomic E-state index is 6.22. The highest BCUT2D eigenvalue weighted by Crippen LogP contribution is 2.42. The summed E-state index contributed by atoms with van der Waals surface area (Å²) in [4.78, 5) is 2.43. The van der Waals surface area contributed by atoms with Crippen molar-refractivity contribution >= 4 is 0 Å². The number of rotatable bonds is 4. The van der Waals surface area contributed by atoms with E-state index in [2.05, 4.69) is 72.6 Å². The summed E-state index contributed by atoms with van der Waals surface area (Å²) in [5, 5.41) is 0. The summed E-state index contributed by atoms with van der Waals surface area (Å²) in [6, 6.07) is 21.6. The van der Waals surface area contributed by atoms with Crippen molar-refractivity contribution in [3.05, 3.63) is 71.8 Å². The van der Waals surface area contributed by atoms with Gasteiger partial charge in [0.25, 0.3) is 0 Å². The second-order valence-corrected chi connectivity index (χ2v) is 5.81. The second-order valence-electron chi connectivity index (χ2n) is 5.81. The van der Waals surface area contributed by atoms with E-state index in [1.165, 1.54) is 17.5 Å². The van der Waals surface area contributed by atoms with Gasteiger partial charge in [0.2, 0.25) is 0 Å². The largest absolute Gasteiger partial charge is 0.367 e.